The van der Waals surface area contributed by atoms with E-state index >= 15 is 0 Å². The third-order valence-electron chi connectivity index (χ3n) is 4.90. The number of hydrogen-bond acceptors (Lipinski definition) is 7. The number of aromatic nitrogens is 2. The first-order valence-corrected chi connectivity index (χ1v) is 9.31. The number of nitrogen functional groups attached to an aromatic ring is 1. The molecule has 2 heterocycles. The molecule has 7 nitrogen and oxygen atoms in total. The summed E-state index contributed by atoms with van der Waals surface area (Å²) in [5, 5.41) is 3.27. The predicted octanol–water partition coefficient (Wildman–Crippen LogP) is 3.14. The van der Waals surface area contributed by atoms with Crippen molar-refractivity contribution in [2.24, 2.45) is 0 Å². The van der Waals surface area contributed by atoms with Crippen LogP contribution >= 0.6 is 0 Å². The second-order valence-corrected chi connectivity index (χ2v) is 6.63. The summed E-state index contributed by atoms with van der Waals surface area (Å²) in [4.78, 5) is 13.4. The first-order valence-electron chi connectivity index (χ1n) is 9.31. The van der Waals surface area contributed by atoms with Crippen LogP contribution in [0.1, 0.15) is 0 Å². The maximum atomic E-state index is 6.40. The zero-order valence-electron chi connectivity index (χ0n) is 15.9. The highest BCUT2D eigenvalue weighted by Gasteiger charge is 2.21. The minimum atomic E-state index is 0.554. The number of para-hydroxylation sites is 1. The largest absolute Gasteiger partial charge is 0.497 e. The molecular weight excluding hydrogens is 352 g/mol. The van der Waals surface area contributed by atoms with Gasteiger partial charge in [-0.3, -0.25) is 0 Å². The van der Waals surface area contributed by atoms with E-state index in [1.54, 1.807) is 13.4 Å². The molecule has 3 N–H and O–H groups in total. The van der Waals surface area contributed by atoms with Crippen LogP contribution in [0.25, 0.3) is 0 Å². The minimum Gasteiger partial charge on any atom is -0.497 e. The molecule has 1 saturated heterocycles. The SMILES string of the molecule is COc1cccc(Nc2ncnc(N3CCN(c4ccccc4)CC3)c2N)c1. The minimum absolute atomic E-state index is 0.554. The Kier molecular flexibility index (Phi) is 5.14. The number of anilines is 5. The number of nitrogens with two attached hydrogens (primary N) is 1. The molecule has 0 radical (unpaired) electrons. The van der Waals surface area contributed by atoms with Gasteiger partial charge in [0.05, 0.1) is 7.11 Å². The molecule has 2 aromatic carbocycles. The van der Waals surface area contributed by atoms with Crippen molar-refractivity contribution < 1.29 is 4.74 Å². The van der Waals surface area contributed by atoms with Crippen molar-refractivity contribution in [3.8, 4) is 5.75 Å². The average Bonchev–Trinajstić information content (AvgIpc) is 2.76. The molecule has 1 fully saturated rings. The van der Waals surface area contributed by atoms with Gasteiger partial charge in [-0.05, 0) is 24.3 Å². The molecular formula is C21H24N6O. The van der Waals surface area contributed by atoms with Crippen LogP contribution in [0, 0.1) is 0 Å². The van der Waals surface area contributed by atoms with E-state index in [4.69, 9.17) is 10.5 Å². The van der Waals surface area contributed by atoms with Gasteiger partial charge in [-0.1, -0.05) is 24.3 Å². The standard InChI is InChI=1S/C21H24N6O/c1-28-18-9-5-6-16(14-18)25-20-19(22)21(24-15-23-20)27-12-10-26(11-13-27)17-7-3-2-4-8-17/h2-9,14-15H,10-13,22H2,1H3,(H,23,24,25). The Morgan fingerprint density at radius 1 is 0.929 bits per heavy atom. The maximum Gasteiger partial charge on any atom is 0.159 e. The van der Waals surface area contributed by atoms with Crippen LogP contribution < -0.4 is 25.6 Å². The first kappa shape index (κ1) is 17.9. The molecule has 1 aromatic heterocycles. The van der Waals surface area contributed by atoms with Gasteiger partial charge in [-0.25, -0.2) is 9.97 Å². The van der Waals surface area contributed by atoms with Gasteiger partial charge in [0.2, 0.25) is 0 Å². The van der Waals surface area contributed by atoms with E-state index in [1.807, 2.05) is 30.3 Å². The van der Waals surface area contributed by atoms with Gasteiger partial charge in [0.15, 0.2) is 11.6 Å². The molecule has 7 heteroatoms. The van der Waals surface area contributed by atoms with E-state index in [1.165, 1.54) is 5.69 Å². The fourth-order valence-electron chi connectivity index (χ4n) is 3.39. The van der Waals surface area contributed by atoms with Crippen molar-refractivity contribution >= 4 is 28.7 Å². The van der Waals surface area contributed by atoms with Gasteiger partial charge in [0, 0.05) is 43.6 Å². The molecule has 0 atom stereocenters. The van der Waals surface area contributed by atoms with Crippen LogP contribution in [-0.4, -0.2) is 43.3 Å². The molecule has 0 aliphatic carbocycles. The van der Waals surface area contributed by atoms with Gasteiger partial charge in [-0.2, -0.15) is 0 Å². The highest BCUT2D eigenvalue weighted by Crippen LogP contribution is 2.30. The summed E-state index contributed by atoms with van der Waals surface area (Å²) in [6, 6.07) is 18.1. The van der Waals surface area contributed by atoms with Crippen LogP contribution in [0.2, 0.25) is 0 Å². The number of ether oxygens (including phenoxy) is 1. The second-order valence-electron chi connectivity index (χ2n) is 6.63. The molecule has 0 amide bonds. The first-order chi connectivity index (χ1) is 13.7. The Labute approximate surface area is 164 Å². The van der Waals surface area contributed by atoms with Crippen molar-refractivity contribution in [1.82, 2.24) is 9.97 Å². The molecule has 0 spiro atoms. The van der Waals surface area contributed by atoms with Crippen molar-refractivity contribution in [2.75, 3.05) is 54.1 Å². The molecule has 0 unspecified atom stereocenters. The number of nitrogens with zero attached hydrogens (tertiary/aromatic N) is 4. The summed E-state index contributed by atoms with van der Waals surface area (Å²) in [6.07, 6.45) is 1.55. The number of piperazine rings is 1. The number of benzene rings is 2. The average molecular weight is 376 g/mol. The smallest absolute Gasteiger partial charge is 0.159 e. The summed E-state index contributed by atoms with van der Waals surface area (Å²) in [7, 11) is 1.64. The van der Waals surface area contributed by atoms with Crippen LogP contribution in [0.15, 0.2) is 60.9 Å². The number of methoxy groups -OCH3 is 1. The Hall–Kier alpha value is -3.48. The predicted molar refractivity (Wildman–Crippen MR) is 114 cm³/mol. The Morgan fingerprint density at radius 3 is 2.43 bits per heavy atom. The van der Waals surface area contributed by atoms with E-state index in [2.05, 4.69) is 49.4 Å². The summed E-state index contributed by atoms with van der Waals surface area (Å²) in [5.74, 6) is 2.15. The van der Waals surface area contributed by atoms with E-state index in [0.29, 0.717) is 11.5 Å². The third-order valence-corrected chi connectivity index (χ3v) is 4.90. The second kappa shape index (κ2) is 8.04. The lowest BCUT2D eigenvalue weighted by Crippen LogP contribution is -2.47. The highest BCUT2D eigenvalue weighted by atomic mass is 16.5. The van der Waals surface area contributed by atoms with Crippen LogP contribution in [-0.2, 0) is 0 Å². The van der Waals surface area contributed by atoms with Crippen molar-refractivity contribution in [1.29, 1.82) is 0 Å². The van der Waals surface area contributed by atoms with Crippen LogP contribution in [0.5, 0.6) is 5.75 Å². The number of hydrogen-bond donors (Lipinski definition) is 2. The van der Waals surface area contributed by atoms with E-state index < -0.39 is 0 Å². The molecule has 0 saturated carbocycles. The summed E-state index contributed by atoms with van der Waals surface area (Å²) >= 11 is 0. The fraction of sp³-hybridized carbons (Fsp3) is 0.238. The molecule has 28 heavy (non-hydrogen) atoms. The van der Waals surface area contributed by atoms with Crippen LogP contribution in [0.4, 0.5) is 28.7 Å². The molecule has 4 rings (SSSR count). The lowest BCUT2D eigenvalue weighted by atomic mass is 10.2. The van der Waals surface area contributed by atoms with Crippen molar-refractivity contribution in [3.05, 3.63) is 60.9 Å². The van der Waals surface area contributed by atoms with E-state index in [9.17, 15) is 0 Å². The van der Waals surface area contributed by atoms with Crippen molar-refractivity contribution in [2.45, 2.75) is 0 Å². The topological polar surface area (TPSA) is 79.5 Å². The fourth-order valence-corrected chi connectivity index (χ4v) is 3.39. The Bertz CT molecular complexity index is 925. The zero-order valence-corrected chi connectivity index (χ0v) is 15.9. The number of nitrogens with one attached hydrogen (secondary N) is 1. The summed E-state index contributed by atoms with van der Waals surface area (Å²) in [5.41, 5.74) is 9.07. The molecule has 3 aromatic rings. The Morgan fingerprint density at radius 2 is 1.68 bits per heavy atom. The van der Waals surface area contributed by atoms with Gasteiger partial charge in [0.1, 0.15) is 17.8 Å². The maximum absolute atomic E-state index is 6.40. The summed E-state index contributed by atoms with van der Waals surface area (Å²) in [6.45, 7) is 3.56. The van der Waals surface area contributed by atoms with Gasteiger partial charge < -0.3 is 25.6 Å². The highest BCUT2D eigenvalue weighted by molar-refractivity contribution is 5.78. The summed E-state index contributed by atoms with van der Waals surface area (Å²) < 4.78 is 5.27. The zero-order chi connectivity index (χ0) is 19.3. The lowest BCUT2D eigenvalue weighted by Gasteiger charge is -2.37. The molecule has 144 valence electrons. The van der Waals surface area contributed by atoms with Gasteiger partial charge >= 0.3 is 0 Å². The number of rotatable bonds is 5. The quantitative estimate of drug-likeness (QED) is 0.708. The monoisotopic (exact) mass is 376 g/mol. The Balaban J connectivity index is 1.48. The lowest BCUT2D eigenvalue weighted by molar-refractivity contribution is 0.415. The molecule has 0 bridgehead atoms. The molecule has 1 aliphatic rings. The van der Waals surface area contributed by atoms with E-state index in [-0.39, 0.29) is 0 Å². The van der Waals surface area contributed by atoms with Gasteiger partial charge in [-0.15, -0.1) is 0 Å². The van der Waals surface area contributed by atoms with Crippen molar-refractivity contribution in [3.63, 3.8) is 0 Å². The third kappa shape index (κ3) is 3.78. The normalized spacial score (nSPS) is 14.0. The van der Waals surface area contributed by atoms with Crippen LogP contribution in [0.3, 0.4) is 0 Å². The van der Waals surface area contributed by atoms with Gasteiger partial charge in [0.25, 0.3) is 0 Å². The molecule has 1 aliphatic heterocycles. The van der Waals surface area contributed by atoms with E-state index in [0.717, 1.165) is 43.4 Å².